The molecule has 1 aliphatic carbocycles. The van der Waals surface area contributed by atoms with Crippen LogP contribution in [0.25, 0.3) is 5.69 Å². The fourth-order valence-corrected chi connectivity index (χ4v) is 5.15. The van der Waals surface area contributed by atoms with Gasteiger partial charge in [0.05, 0.1) is 17.1 Å². The third-order valence-electron chi connectivity index (χ3n) is 6.45. The quantitative estimate of drug-likeness (QED) is 0.548. The molecule has 2 aliphatic rings. The summed E-state index contributed by atoms with van der Waals surface area (Å²) in [6.07, 6.45) is 5.66. The maximum absolute atomic E-state index is 13.2. The smallest absolute Gasteiger partial charge is 0.151 e. The lowest BCUT2D eigenvalue weighted by Crippen LogP contribution is -2.26. The normalized spacial score (nSPS) is 24.6. The molecule has 150 valence electrons. The molecule has 1 aromatic heterocycles. The Morgan fingerprint density at radius 1 is 1.07 bits per heavy atom. The first-order valence-corrected chi connectivity index (χ1v) is 10.6. The number of hydrogen-bond acceptors (Lipinski definition) is 3. The summed E-state index contributed by atoms with van der Waals surface area (Å²) >= 11 is 7.17. The topological polar surface area (TPSA) is 34.0 Å². The first-order valence-electron chi connectivity index (χ1n) is 10.2. The van der Waals surface area contributed by atoms with Crippen LogP contribution in [0, 0.1) is 5.82 Å². The van der Waals surface area contributed by atoms with Gasteiger partial charge in [0.25, 0.3) is 0 Å². The molecule has 0 bridgehead atoms. The Balaban J connectivity index is 1.40. The molecular weight excluding hydrogens is 387 g/mol. The van der Waals surface area contributed by atoms with Gasteiger partial charge in [0.1, 0.15) is 12.1 Å². The summed E-state index contributed by atoms with van der Waals surface area (Å²) in [5.41, 5.74) is 4.80. The van der Waals surface area contributed by atoms with E-state index in [0.29, 0.717) is 5.92 Å². The molecule has 29 heavy (non-hydrogen) atoms. The molecule has 5 rings (SSSR count). The third-order valence-corrected chi connectivity index (χ3v) is 7.04. The lowest BCUT2D eigenvalue weighted by Gasteiger charge is -2.36. The van der Waals surface area contributed by atoms with Gasteiger partial charge in [-0.2, -0.15) is 0 Å². The highest BCUT2D eigenvalue weighted by atomic mass is 35.5. The van der Waals surface area contributed by atoms with E-state index in [9.17, 15) is 4.39 Å². The summed E-state index contributed by atoms with van der Waals surface area (Å²) in [6.45, 7) is 1.63. The Hall–Kier alpha value is -2.24. The van der Waals surface area contributed by atoms with Crippen molar-refractivity contribution < 1.29 is 4.39 Å². The zero-order valence-corrected chi connectivity index (χ0v) is 17.2. The van der Waals surface area contributed by atoms with E-state index >= 15 is 0 Å². The molecule has 2 heterocycles. The van der Waals surface area contributed by atoms with Crippen molar-refractivity contribution in [2.75, 3.05) is 7.05 Å². The molecule has 0 N–H and O–H groups in total. The number of rotatable bonds is 2. The van der Waals surface area contributed by atoms with Gasteiger partial charge in [-0.05, 0) is 73.5 Å². The van der Waals surface area contributed by atoms with Crippen molar-refractivity contribution in [1.82, 2.24) is 19.7 Å². The second kappa shape index (κ2) is 7.22. The van der Waals surface area contributed by atoms with E-state index in [4.69, 9.17) is 11.6 Å². The number of benzene rings is 2. The molecular formula is C23H24ClFN4. The van der Waals surface area contributed by atoms with Crippen molar-refractivity contribution in [3.05, 3.63) is 77.1 Å². The van der Waals surface area contributed by atoms with Crippen LogP contribution in [0.5, 0.6) is 0 Å². The van der Waals surface area contributed by atoms with Crippen LogP contribution in [0.4, 0.5) is 4.39 Å². The van der Waals surface area contributed by atoms with Crippen LogP contribution >= 0.6 is 11.6 Å². The number of halogens is 2. The van der Waals surface area contributed by atoms with Crippen LogP contribution in [0.1, 0.15) is 54.1 Å². The van der Waals surface area contributed by atoms with E-state index < -0.39 is 0 Å². The van der Waals surface area contributed by atoms with Gasteiger partial charge in [-0.1, -0.05) is 24.3 Å². The molecule has 0 saturated heterocycles. The fraction of sp³-hybridized carbons (Fsp3) is 0.391. The Morgan fingerprint density at radius 2 is 1.83 bits per heavy atom. The lowest BCUT2D eigenvalue weighted by molar-refractivity contribution is 0.314. The molecule has 2 aromatic carbocycles. The average molecular weight is 411 g/mol. The molecule has 3 aromatic rings. The number of hydrogen-bond donors (Lipinski definition) is 0. The first kappa shape index (κ1) is 18.8. The summed E-state index contributed by atoms with van der Waals surface area (Å²) in [6, 6.07) is 13.5. The van der Waals surface area contributed by atoms with Gasteiger partial charge in [-0.15, -0.1) is 21.8 Å². The summed E-state index contributed by atoms with van der Waals surface area (Å²) in [5.74, 6) is 1.23. The molecule has 0 amide bonds. The van der Waals surface area contributed by atoms with Gasteiger partial charge in [-0.25, -0.2) is 4.39 Å². The van der Waals surface area contributed by atoms with Crippen LogP contribution in [0.3, 0.4) is 0 Å². The van der Waals surface area contributed by atoms with E-state index in [2.05, 4.69) is 44.9 Å². The van der Waals surface area contributed by atoms with E-state index in [1.54, 1.807) is 18.5 Å². The van der Waals surface area contributed by atoms with Gasteiger partial charge >= 0.3 is 0 Å². The second-order valence-electron chi connectivity index (χ2n) is 8.42. The molecule has 1 fully saturated rings. The number of fused-ring (bicyclic) bond motifs is 3. The van der Waals surface area contributed by atoms with Gasteiger partial charge < -0.3 is 0 Å². The van der Waals surface area contributed by atoms with Crippen molar-refractivity contribution in [2.45, 2.75) is 49.6 Å². The predicted octanol–water partition coefficient (Wildman–Crippen LogP) is 5.14. The molecule has 0 radical (unpaired) electrons. The Bertz CT molecular complexity index is 1020. The van der Waals surface area contributed by atoms with E-state index in [0.717, 1.165) is 50.3 Å². The Labute approximate surface area is 175 Å². The molecule has 4 nitrogen and oxygen atoms in total. The molecule has 1 saturated carbocycles. The zero-order valence-electron chi connectivity index (χ0n) is 16.5. The summed E-state index contributed by atoms with van der Waals surface area (Å²) in [4.78, 5) is 1.91. The van der Waals surface area contributed by atoms with E-state index in [-0.39, 0.29) is 10.7 Å². The van der Waals surface area contributed by atoms with Crippen molar-refractivity contribution in [1.29, 1.82) is 0 Å². The summed E-state index contributed by atoms with van der Waals surface area (Å²) in [7, 11) is 2.10. The van der Waals surface area contributed by atoms with Gasteiger partial charge in [0, 0.05) is 6.54 Å². The van der Waals surface area contributed by atoms with E-state index in [1.165, 1.54) is 16.7 Å². The molecule has 1 aliphatic heterocycles. The molecule has 6 heteroatoms. The highest BCUT2D eigenvalue weighted by molar-refractivity contribution is 6.24. The van der Waals surface area contributed by atoms with E-state index in [1.807, 2.05) is 12.1 Å². The third kappa shape index (κ3) is 3.47. The fourth-order valence-electron chi connectivity index (χ4n) is 4.81. The van der Waals surface area contributed by atoms with Crippen molar-refractivity contribution >= 4 is 11.6 Å². The Morgan fingerprint density at radius 3 is 2.59 bits per heavy atom. The summed E-state index contributed by atoms with van der Waals surface area (Å²) < 4.78 is 15.3. The highest BCUT2D eigenvalue weighted by Gasteiger charge is 2.36. The van der Waals surface area contributed by atoms with Crippen LogP contribution in [-0.4, -0.2) is 26.7 Å². The standard InChI is InChI=1S/C23H24ClFN4/c1-28-13-18-12-19(4-7-21(18)29-15-26-27-22(29)14-28)23(24)10-8-17(9-11-23)16-2-5-20(25)6-3-16/h2-7,12,15,17H,8-11,13-14H2,1H3. The largest absolute Gasteiger partial charge is 0.295 e. The number of aromatic nitrogens is 3. The molecule has 0 atom stereocenters. The predicted molar refractivity (Wildman–Crippen MR) is 112 cm³/mol. The van der Waals surface area contributed by atoms with Crippen molar-refractivity contribution in [3.63, 3.8) is 0 Å². The minimum Gasteiger partial charge on any atom is -0.295 e. The zero-order chi connectivity index (χ0) is 20.0. The first-order chi connectivity index (χ1) is 14.0. The minimum absolute atomic E-state index is 0.178. The highest BCUT2D eigenvalue weighted by Crippen LogP contribution is 2.48. The van der Waals surface area contributed by atoms with Gasteiger partial charge in [0.2, 0.25) is 0 Å². The average Bonchev–Trinajstić information content (AvgIpc) is 3.12. The Kier molecular flexibility index (Phi) is 4.67. The molecule has 0 spiro atoms. The second-order valence-corrected chi connectivity index (χ2v) is 9.15. The van der Waals surface area contributed by atoms with Crippen LogP contribution in [-0.2, 0) is 18.0 Å². The number of nitrogens with zero attached hydrogens (tertiary/aromatic N) is 4. The summed E-state index contributed by atoms with van der Waals surface area (Å²) in [5, 5.41) is 8.34. The van der Waals surface area contributed by atoms with Crippen LogP contribution < -0.4 is 0 Å². The monoisotopic (exact) mass is 410 g/mol. The maximum atomic E-state index is 13.2. The van der Waals surface area contributed by atoms with Crippen LogP contribution in [0.2, 0.25) is 0 Å². The minimum atomic E-state index is -0.341. The SMILES string of the molecule is CN1Cc2cc(C3(Cl)CCC(c4ccc(F)cc4)CC3)ccc2-n2cnnc2C1. The van der Waals surface area contributed by atoms with Crippen LogP contribution in [0.15, 0.2) is 48.8 Å². The van der Waals surface area contributed by atoms with Gasteiger partial charge in [-0.3, -0.25) is 9.47 Å². The lowest BCUT2D eigenvalue weighted by atomic mass is 9.75. The molecule has 0 unspecified atom stereocenters. The van der Waals surface area contributed by atoms with Crippen molar-refractivity contribution in [2.24, 2.45) is 0 Å². The number of alkyl halides is 1. The van der Waals surface area contributed by atoms with Crippen molar-refractivity contribution in [3.8, 4) is 5.69 Å². The van der Waals surface area contributed by atoms with Gasteiger partial charge in [0.15, 0.2) is 5.82 Å². The maximum Gasteiger partial charge on any atom is 0.151 e.